The number of hydrogen-bond donors (Lipinski definition) is 1. The topological polar surface area (TPSA) is 58.6 Å². The second-order valence-electron chi connectivity index (χ2n) is 6.14. The third kappa shape index (κ3) is 3.65. The molecule has 0 atom stereocenters. The predicted molar refractivity (Wildman–Crippen MR) is 98.3 cm³/mol. The average molecular weight is 338 g/mol. The second kappa shape index (κ2) is 7.38. The summed E-state index contributed by atoms with van der Waals surface area (Å²) in [5, 5.41) is 2.91. The Morgan fingerprint density at radius 3 is 2.80 bits per heavy atom. The van der Waals surface area contributed by atoms with Gasteiger partial charge in [-0.2, -0.15) is 0 Å². The predicted octanol–water partition coefficient (Wildman–Crippen LogP) is 3.77. The van der Waals surface area contributed by atoms with Crippen molar-refractivity contribution in [1.29, 1.82) is 0 Å². The number of rotatable bonds is 5. The van der Waals surface area contributed by atoms with Gasteiger partial charge < -0.3 is 15.0 Å². The number of fused-ring (bicyclic) bond motifs is 1. The van der Waals surface area contributed by atoms with Crippen molar-refractivity contribution in [1.82, 2.24) is 0 Å². The molecule has 0 aromatic heterocycles. The lowest BCUT2D eigenvalue weighted by atomic mass is 10.1. The van der Waals surface area contributed by atoms with Crippen LogP contribution in [0.2, 0.25) is 0 Å². The first-order valence-corrected chi connectivity index (χ1v) is 8.54. The summed E-state index contributed by atoms with van der Waals surface area (Å²) in [6, 6.07) is 12.8. The van der Waals surface area contributed by atoms with E-state index < -0.39 is 0 Å². The molecule has 1 aliphatic heterocycles. The Balaban J connectivity index is 1.85. The Morgan fingerprint density at radius 2 is 2.04 bits per heavy atom. The molecule has 2 aromatic rings. The normalized spacial score (nSPS) is 13.2. The number of anilines is 2. The Morgan fingerprint density at radius 1 is 1.24 bits per heavy atom. The maximum absolute atomic E-state index is 12.5. The molecule has 0 unspecified atom stereocenters. The van der Waals surface area contributed by atoms with Crippen LogP contribution in [0, 0.1) is 6.92 Å². The van der Waals surface area contributed by atoms with Gasteiger partial charge in [0.2, 0.25) is 0 Å². The molecular weight excluding hydrogens is 316 g/mol. The summed E-state index contributed by atoms with van der Waals surface area (Å²) >= 11 is 0. The summed E-state index contributed by atoms with van der Waals surface area (Å²) in [7, 11) is 0. The zero-order valence-electron chi connectivity index (χ0n) is 14.5. The van der Waals surface area contributed by atoms with E-state index in [1.165, 1.54) is 0 Å². The molecule has 0 bridgehead atoms. The highest BCUT2D eigenvalue weighted by Crippen LogP contribution is 2.35. The van der Waals surface area contributed by atoms with E-state index in [1.54, 1.807) is 29.2 Å². The Kier molecular flexibility index (Phi) is 5.03. The van der Waals surface area contributed by atoms with Crippen LogP contribution in [0.3, 0.4) is 0 Å². The molecule has 25 heavy (non-hydrogen) atoms. The van der Waals surface area contributed by atoms with Gasteiger partial charge in [0.05, 0.1) is 5.69 Å². The van der Waals surface area contributed by atoms with Crippen LogP contribution in [-0.4, -0.2) is 25.0 Å². The van der Waals surface area contributed by atoms with E-state index >= 15 is 0 Å². The number of hydrogen-bond acceptors (Lipinski definition) is 3. The molecule has 1 N–H and O–H groups in total. The molecule has 3 rings (SSSR count). The lowest BCUT2D eigenvalue weighted by Gasteiger charge is -2.29. The van der Waals surface area contributed by atoms with Gasteiger partial charge in [-0.15, -0.1) is 0 Å². The fourth-order valence-corrected chi connectivity index (χ4v) is 2.87. The summed E-state index contributed by atoms with van der Waals surface area (Å²) in [5.74, 6) is 0.453. The Hall–Kier alpha value is -2.82. The molecule has 5 heteroatoms. The van der Waals surface area contributed by atoms with Gasteiger partial charge in [-0.3, -0.25) is 9.59 Å². The van der Waals surface area contributed by atoms with Gasteiger partial charge in [-0.1, -0.05) is 31.5 Å². The van der Waals surface area contributed by atoms with Crippen LogP contribution in [-0.2, 0) is 4.79 Å². The van der Waals surface area contributed by atoms with Crippen LogP contribution in [0.4, 0.5) is 11.4 Å². The number of unbranched alkanes of at least 4 members (excludes halogenated alkanes) is 1. The van der Waals surface area contributed by atoms with Gasteiger partial charge in [-0.25, -0.2) is 0 Å². The monoisotopic (exact) mass is 338 g/mol. The first kappa shape index (κ1) is 17.0. The molecule has 2 amide bonds. The van der Waals surface area contributed by atoms with Crippen molar-refractivity contribution in [2.45, 2.75) is 26.7 Å². The molecule has 5 nitrogen and oxygen atoms in total. The van der Waals surface area contributed by atoms with Crippen LogP contribution in [0.15, 0.2) is 42.5 Å². The van der Waals surface area contributed by atoms with Gasteiger partial charge in [0.25, 0.3) is 11.8 Å². The first-order valence-electron chi connectivity index (χ1n) is 8.54. The number of amides is 2. The maximum Gasteiger partial charge on any atom is 0.265 e. The number of carbonyl (C=O) groups is 2. The number of carbonyl (C=O) groups excluding carboxylic acids is 2. The molecule has 0 saturated carbocycles. The van der Waals surface area contributed by atoms with Crippen molar-refractivity contribution in [3.8, 4) is 5.75 Å². The molecule has 2 aromatic carbocycles. The zero-order valence-corrected chi connectivity index (χ0v) is 14.5. The first-order chi connectivity index (χ1) is 12.1. The minimum atomic E-state index is -0.166. The van der Waals surface area contributed by atoms with Gasteiger partial charge in [-0.05, 0) is 43.2 Å². The van der Waals surface area contributed by atoms with Crippen molar-refractivity contribution in [3.63, 3.8) is 0 Å². The standard InChI is InChI=1S/C20H22N2O3/c1-3-4-11-22-17-12-15(9-10-18(17)25-13-19(22)23)21-20(24)16-8-6-5-7-14(16)2/h5-10,12H,3-4,11,13H2,1-2H3,(H,21,24). The highest BCUT2D eigenvalue weighted by atomic mass is 16.5. The molecule has 0 aliphatic carbocycles. The molecule has 1 heterocycles. The van der Waals surface area contributed by atoms with Crippen LogP contribution in [0.25, 0.3) is 0 Å². The van der Waals surface area contributed by atoms with E-state index in [0.29, 0.717) is 29.2 Å². The third-order valence-corrected chi connectivity index (χ3v) is 4.28. The fourth-order valence-electron chi connectivity index (χ4n) is 2.87. The lowest BCUT2D eigenvalue weighted by Crippen LogP contribution is -2.39. The quantitative estimate of drug-likeness (QED) is 0.903. The number of aryl methyl sites for hydroxylation is 1. The molecule has 130 valence electrons. The highest BCUT2D eigenvalue weighted by molar-refractivity contribution is 6.06. The van der Waals surface area contributed by atoms with Crippen LogP contribution < -0.4 is 15.0 Å². The van der Waals surface area contributed by atoms with Crippen molar-refractivity contribution in [3.05, 3.63) is 53.6 Å². The largest absolute Gasteiger partial charge is 0.482 e. The van der Waals surface area contributed by atoms with Gasteiger partial charge in [0.1, 0.15) is 5.75 Å². The fraction of sp³-hybridized carbons (Fsp3) is 0.300. The third-order valence-electron chi connectivity index (χ3n) is 4.28. The van der Waals surface area contributed by atoms with E-state index in [4.69, 9.17) is 4.74 Å². The minimum absolute atomic E-state index is 0.0525. The molecule has 0 saturated heterocycles. The van der Waals surface area contributed by atoms with E-state index in [2.05, 4.69) is 12.2 Å². The summed E-state index contributed by atoms with van der Waals surface area (Å²) < 4.78 is 5.51. The van der Waals surface area contributed by atoms with Crippen molar-refractivity contribution < 1.29 is 14.3 Å². The minimum Gasteiger partial charge on any atom is -0.482 e. The smallest absolute Gasteiger partial charge is 0.265 e. The van der Waals surface area contributed by atoms with E-state index in [0.717, 1.165) is 18.4 Å². The van der Waals surface area contributed by atoms with Crippen LogP contribution in [0.1, 0.15) is 35.7 Å². The summed E-state index contributed by atoms with van der Waals surface area (Å²) in [4.78, 5) is 26.4. The molecule has 0 radical (unpaired) electrons. The molecule has 0 fully saturated rings. The van der Waals surface area contributed by atoms with E-state index in [1.807, 2.05) is 25.1 Å². The van der Waals surface area contributed by atoms with Gasteiger partial charge >= 0.3 is 0 Å². The summed E-state index contributed by atoms with van der Waals surface area (Å²) in [5.41, 5.74) is 2.91. The summed E-state index contributed by atoms with van der Waals surface area (Å²) in [6.45, 7) is 4.71. The second-order valence-corrected chi connectivity index (χ2v) is 6.14. The highest BCUT2D eigenvalue weighted by Gasteiger charge is 2.25. The molecule has 1 aliphatic rings. The molecular formula is C20H22N2O3. The van der Waals surface area contributed by atoms with Crippen molar-refractivity contribution in [2.75, 3.05) is 23.4 Å². The van der Waals surface area contributed by atoms with Crippen LogP contribution >= 0.6 is 0 Å². The maximum atomic E-state index is 12.5. The summed E-state index contributed by atoms with van der Waals surface area (Å²) in [6.07, 6.45) is 1.93. The van der Waals surface area contributed by atoms with Crippen molar-refractivity contribution in [2.24, 2.45) is 0 Å². The van der Waals surface area contributed by atoms with Crippen molar-refractivity contribution >= 4 is 23.2 Å². The van der Waals surface area contributed by atoms with Gasteiger partial charge in [0.15, 0.2) is 6.61 Å². The SMILES string of the molecule is CCCCN1C(=O)COc2ccc(NC(=O)c3ccccc3C)cc21. The number of nitrogens with zero attached hydrogens (tertiary/aromatic N) is 1. The van der Waals surface area contributed by atoms with E-state index in [9.17, 15) is 9.59 Å². The average Bonchev–Trinajstić information content (AvgIpc) is 2.61. The number of ether oxygens (including phenoxy) is 1. The Labute approximate surface area is 147 Å². The number of benzene rings is 2. The Bertz CT molecular complexity index is 801. The molecule has 0 spiro atoms. The lowest BCUT2D eigenvalue weighted by molar-refractivity contribution is -0.121. The van der Waals surface area contributed by atoms with E-state index in [-0.39, 0.29) is 18.4 Å². The zero-order chi connectivity index (χ0) is 17.8. The number of nitrogens with one attached hydrogen (secondary N) is 1. The van der Waals surface area contributed by atoms with Gasteiger partial charge in [0, 0.05) is 17.8 Å². The van der Waals surface area contributed by atoms with Crippen LogP contribution in [0.5, 0.6) is 5.75 Å².